The summed E-state index contributed by atoms with van der Waals surface area (Å²) in [6, 6.07) is 18.0. The number of hydrogen-bond acceptors (Lipinski definition) is 3. The molecule has 1 aromatic heterocycles. The molecule has 2 N–H and O–H groups in total. The third kappa shape index (κ3) is 4.98. The number of carbonyl (C=O) groups is 2. The zero-order valence-corrected chi connectivity index (χ0v) is 14.7. The third-order valence-corrected chi connectivity index (χ3v) is 3.87. The molecule has 3 rings (SSSR count). The molecular weight excluding hydrogens is 345 g/mol. The Morgan fingerprint density at radius 3 is 2.30 bits per heavy atom. The first-order valence-corrected chi connectivity index (χ1v) is 8.39. The number of carbonyl (C=O) groups excluding carboxylic acids is 2. The maximum absolute atomic E-state index is 13.2. The van der Waals surface area contributed by atoms with Gasteiger partial charge in [-0.3, -0.25) is 9.59 Å². The van der Waals surface area contributed by atoms with E-state index in [1.165, 1.54) is 30.3 Å². The van der Waals surface area contributed by atoms with Crippen molar-refractivity contribution < 1.29 is 14.0 Å². The van der Waals surface area contributed by atoms with Gasteiger partial charge in [0.2, 0.25) is 0 Å². The molecule has 0 aliphatic rings. The number of pyridine rings is 1. The van der Waals surface area contributed by atoms with E-state index in [9.17, 15) is 14.0 Å². The summed E-state index contributed by atoms with van der Waals surface area (Å²) in [6.45, 7) is 2.35. The number of hydrogen-bond donors (Lipinski definition) is 2. The number of halogens is 1. The van der Waals surface area contributed by atoms with Crippen molar-refractivity contribution in [2.75, 3.05) is 5.32 Å². The van der Waals surface area contributed by atoms with Crippen LogP contribution >= 0.6 is 0 Å². The lowest BCUT2D eigenvalue weighted by Crippen LogP contribution is -2.25. The SMILES string of the molecule is Cc1ccc(CNC(=O)c2cccc(C(=O)Nc3cccc(F)c3)n2)cc1. The van der Waals surface area contributed by atoms with Gasteiger partial charge in [0.25, 0.3) is 11.8 Å². The number of aryl methyl sites for hydroxylation is 1. The molecule has 136 valence electrons. The minimum atomic E-state index is -0.520. The molecule has 0 radical (unpaired) electrons. The van der Waals surface area contributed by atoms with Crippen molar-refractivity contribution in [3.8, 4) is 0 Å². The Hall–Kier alpha value is -3.54. The molecule has 0 aliphatic carbocycles. The molecule has 2 aromatic carbocycles. The molecular formula is C21H18FN3O2. The van der Waals surface area contributed by atoms with Crippen LogP contribution < -0.4 is 10.6 Å². The van der Waals surface area contributed by atoms with Gasteiger partial charge in [-0.1, -0.05) is 42.0 Å². The molecule has 1 heterocycles. The van der Waals surface area contributed by atoms with Gasteiger partial charge in [0, 0.05) is 12.2 Å². The Morgan fingerprint density at radius 2 is 1.59 bits per heavy atom. The molecule has 0 atom stereocenters. The monoisotopic (exact) mass is 363 g/mol. The summed E-state index contributed by atoms with van der Waals surface area (Å²) in [5.41, 5.74) is 2.63. The van der Waals surface area contributed by atoms with E-state index in [0.717, 1.165) is 11.1 Å². The average Bonchev–Trinajstić information content (AvgIpc) is 2.67. The number of anilines is 1. The zero-order valence-electron chi connectivity index (χ0n) is 14.7. The van der Waals surface area contributed by atoms with Crippen molar-refractivity contribution in [3.05, 3.63) is 95.1 Å². The molecule has 0 saturated carbocycles. The predicted octanol–water partition coefficient (Wildman–Crippen LogP) is 3.71. The summed E-state index contributed by atoms with van der Waals surface area (Å²) < 4.78 is 13.2. The standard InChI is InChI=1S/C21H18FN3O2/c1-14-8-10-15(11-9-14)13-23-20(26)18-6-3-7-19(25-18)21(27)24-17-5-2-4-16(22)12-17/h2-12H,13H2,1H3,(H,23,26)(H,24,27). The molecule has 0 aliphatic heterocycles. The topological polar surface area (TPSA) is 71.1 Å². The van der Waals surface area contributed by atoms with Crippen LogP contribution in [0.15, 0.2) is 66.7 Å². The van der Waals surface area contributed by atoms with Gasteiger partial charge < -0.3 is 10.6 Å². The van der Waals surface area contributed by atoms with Crippen molar-refractivity contribution >= 4 is 17.5 Å². The summed E-state index contributed by atoms with van der Waals surface area (Å²) in [5.74, 6) is -1.35. The summed E-state index contributed by atoms with van der Waals surface area (Å²) in [4.78, 5) is 28.7. The van der Waals surface area contributed by atoms with Crippen LogP contribution in [0, 0.1) is 12.7 Å². The second kappa shape index (κ2) is 8.23. The average molecular weight is 363 g/mol. The molecule has 3 aromatic rings. The number of amides is 2. The number of aromatic nitrogens is 1. The first kappa shape index (κ1) is 18.3. The quantitative estimate of drug-likeness (QED) is 0.726. The zero-order chi connectivity index (χ0) is 19.2. The lowest BCUT2D eigenvalue weighted by molar-refractivity contribution is 0.0945. The van der Waals surface area contributed by atoms with E-state index in [1.807, 2.05) is 31.2 Å². The van der Waals surface area contributed by atoms with Gasteiger partial charge in [0.1, 0.15) is 17.2 Å². The van der Waals surface area contributed by atoms with E-state index in [2.05, 4.69) is 15.6 Å². The van der Waals surface area contributed by atoms with E-state index in [-0.39, 0.29) is 17.3 Å². The smallest absolute Gasteiger partial charge is 0.274 e. The third-order valence-electron chi connectivity index (χ3n) is 3.87. The first-order valence-electron chi connectivity index (χ1n) is 8.39. The minimum Gasteiger partial charge on any atom is -0.347 e. The molecule has 27 heavy (non-hydrogen) atoms. The highest BCUT2D eigenvalue weighted by atomic mass is 19.1. The van der Waals surface area contributed by atoms with Gasteiger partial charge in [-0.2, -0.15) is 0 Å². The number of benzene rings is 2. The van der Waals surface area contributed by atoms with Gasteiger partial charge in [0.15, 0.2) is 0 Å². The Morgan fingerprint density at radius 1 is 0.926 bits per heavy atom. The Labute approximate surface area is 156 Å². The van der Waals surface area contributed by atoms with E-state index in [4.69, 9.17) is 0 Å². The molecule has 0 fully saturated rings. The van der Waals surface area contributed by atoms with E-state index in [0.29, 0.717) is 12.2 Å². The van der Waals surface area contributed by atoms with Crippen molar-refractivity contribution in [3.63, 3.8) is 0 Å². The van der Waals surface area contributed by atoms with Gasteiger partial charge in [-0.05, 0) is 42.8 Å². The number of nitrogens with zero attached hydrogens (tertiary/aromatic N) is 1. The number of nitrogens with one attached hydrogen (secondary N) is 2. The molecule has 0 saturated heterocycles. The van der Waals surface area contributed by atoms with Gasteiger partial charge in [-0.15, -0.1) is 0 Å². The van der Waals surface area contributed by atoms with Gasteiger partial charge >= 0.3 is 0 Å². The van der Waals surface area contributed by atoms with Crippen molar-refractivity contribution in [2.45, 2.75) is 13.5 Å². The fourth-order valence-corrected chi connectivity index (χ4v) is 2.43. The summed E-state index contributed by atoms with van der Waals surface area (Å²) in [7, 11) is 0. The lowest BCUT2D eigenvalue weighted by Gasteiger charge is -2.08. The number of rotatable bonds is 5. The molecule has 6 heteroatoms. The van der Waals surface area contributed by atoms with Crippen LogP contribution in [0.2, 0.25) is 0 Å². The molecule has 0 bridgehead atoms. The maximum Gasteiger partial charge on any atom is 0.274 e. The van der Waals surface area contributed by atoms with Crippen LogP contribution in [0.5, 0.6) is 0 Å². The minimum absolute atomic E-state index is 0.0715. The second-order valence-corrected chi connectivity index (χ2v) is 6.04. The fourth-order valence-electron chi connectivity index (χ4n) is 2.43. The summed E-state index contributed by atoms with van der Waals surface area (Å²) >= 11 is 0. The Bertz CT molecular complexity index is 971. The first-order chi connectivity index (χ1) is 13.0. The molecule has 0 spiro atoms. The summed E-state index contributed by atoms with van der Waals surface area (Å²) in [6.07, 6.45) is 0. The largest absolute Gasteiger partial charge is 0.347 e. The highest BCUT2D eigenvalue weighted by Crippen LogP contribution is 2.11. The predicted molar refractivity (Wildman–Crippen MR) is 101 cm³/mol. The van der Waals surface area contributed by atoms with Crippen LogP contribution in [0.3, 0.4) is 0 Å². The van der Waals surface area contributed by atoms with Gasteiger partial charge in [-0.25, -0.2) is 9.37 Å². The molecule has 0 unspecified atom stereocenters. The highest BCUT2D eigenvalue weighted by molar-refractivity contribution is 6.03. The highest BCUT2D eigenvalue weighted by Gasteiger charge is 2.13. The maximum atomic E-state index is 13.2. The molecule has 5 nitrogen and oxygen atoms in total. The Balaban J connectivity index is 1.66. The lowest BCUT2D eigenvalue weighted by atomic mass is 10.1. The van der Waals surface area contributed by atoms with Crippen molar-refractivity contribution in [2.24, 2.45) is 0 Å². The fraction of sp³-hybridized carbons (Fsp3) is 0.0952. The van der Waals surface area contributed by atoms with Crippen LogP contribution in [0.4, 0.5) is 10.1 Å². The van der Waals surface area contributed by atoms with E-state index < -0.39 is 11.7 Å². The van der Waals surface area contributed by atoms with Crippen LogP contribution in [-0.4, -0.2) is 16.8 Å². The normalized spacial score (nSPS) is 10.3. The van der Waals surface area contributed by atoms with Crippen LogP contribution in [0.1, 0.15) is 32.1 Å². The van der Waals surface area contributed by atoms with Crippen molar-refractivity contribution in [1.29, 1.82) is 0 Å². The van der Waals surface area contributed by atoms with Crippen LogP contribution in [0.25, 0.3) is 0 Å². The Kier molecular flexibility index (Phi) is 5.56. The summed E-state index contributed by atoms with van der Waals surface area (Å²) in [5, 5.41) is 5.33. The van der Waals surface area contributed by atoms with Crippen LogP contribution in [-0.2, 0) is 6.54 Å². The van der Waals surface area contributed by atoms with Gasteiger partial charge in [0.05, 0.1) is 0 Å². The van der Waals surface area contributed by atoms with Crippen molar-refractivity contribution in [1.82, 2.24) is 10.3 Å². The molecule has 2 amide bonds. The second-order valence-electron chi connectivity index (χ2n) is 6.04. The van der Waals surface area contributed by atoms with E-state index in [1.54, 1.807) is 12.1 Å². The van der Waals surface area contributed by atoms with E-state index >= 15 is 0 Å².